The molecule has 0 unspecified atom stereocenters. The minimum atomic E-state index is -0.316. The molecule has 0 radical (unpaired) electrons. The van der Waals surface area contributed by atoms with Gasteiger partial charge >= 0.3 is 6.03 Å². The van der Waals surface area contributed by atoms with Crippen LogP contribution >= 0.6 is 0 Å². The molecule has 0 spiro atoms. The molecule has 1 saturated heterocycles. The van der Waals surface area contributed by atoms with Crippen molar-refractivity contribution in [1.29, 1.82) is 0 Å². The Hall–Kier alpha value is -3.80. The number of nitrogens with zero attached hydrogens (tertiary/aromatic N) is 1. The van der Waals surface area contributed by atoms with Gasteiger partial charge in [-0.2, -0.15) is 0 Å². The summed E-state index contributed by atoms with van der Waals surface area (Å²) in [6.45, 7) is 4.54. The van der Waals surface area contributed by atoms with E-state index in [2.05, 4.69) is 16.0 Å². The SMILES string of the molecule is Cc1ccc(N2C[C@H](NC(=O)Nc3ccc(Nc4ccccc4)cc3)CC2=O)cc1C. The smallest absolute Gasteiger partial charge is 0.319 e. The third-order valence-electron chi connectivity index (χ3n) is 5.47. The minimum absolute atomic E-state index is 0.0184. The van der Waals surface area contributed by atoms with Gasteiger partial charge in [0.25, 0.3) is 0 Å². The first-order valence-corrected chi connectivity index (χ1v) is 10.4. The highest BCUT2D eigenvalue weighted by molar-refractivity contribution is 5.97. The molecule has 4 rings (SSSR count). The van der Waals surface area contributed by atoms with Gasteiger partial charge in [0.15, 0.2) is 0 Å². The number of anilines is 4. The number of carbonyl (C=O) groups excluding carboxylic acids is 2. The number of hydrogen-bond acceptors (Lipinski definition) is 3. The van der Waals surface area contributed by atoms with E-state index in [4.69, 9.17) is 0 Å². The van der Waals surface area contributed by atoms with E-state index in [9.17, 15) is 9.59 Å². The zero-order chi connectivity index (χ0) is 21.8. The van der Waals surface area contributed by atoms with Crippen molar-refractivity contribution < 1.29 is 9.59 Å². The standard InChI is InChI=1S/C25H26N4O2/c1-17-8-13-23(14-18(17)2)29-16-22(15-24(29)30)28-25(31)27-21-11-9-20(10-12-21)26-19-6-4-3-5-7-19/h3-14,22,26H,15-16H2,1-2H3,(H2,27,28,31)/t22-/m1/s1. The van der Waals surface area contributed by atoms with Gasteiger partial charge in [0.1, 0.15) is 0 Å². The van der Waals surface area contributed by atoms with Crippen molar-refractivity contribution in [2.75, 3.05) is 22.1 Å². The first kappa shape index (κ1) is 20.5. The molecule has 1 aliphatic rings. The molecule has 6 nitrogen and oxygen atoms in total. The van der Waals surface area contributed by atoms with Crippen LogP contribution in [0.5, 0.6) is 0 Å². The average Bonchev–Trinajstić information content (AvgIpc) is 3.12. The van der Waals surface area contributed by atoms with Gasteiger partial charge < -0.3 is 20.9 Å². The summed E-state index contributed by atoms with van der Waals surface area (Å²) in [5, 5.41) is 9.05. The number of benzene rings is 3. The van der Waals surface area contributed by atoms with Gasteiger partial charge in [-0.1, -0.05) is 24.3 Å². The zero-order valence-corrected chi connectivity index (χ0v) is 17.7. The Morgan fingerprint density at radius 2 is 1.55 bits per heavy atom. The van der Waals surface area contributed by atoms with Crippen molar-refractivity contribution >= 4 is 34.7 Å². The monoisotopic (exact) mass is 414 g/mol. The first-order valence-electron chi connectivity index (χ1n) is 10.4. The molecule has 1 aliphatic heterocycles. The van der Waals surface area contributed by atoms with Crippen LogP contribution in [0, 0.1) is 13.8 Å². The third-order valence-corrected chi connectivity index (χ3v) is 5.47. The summed E-state index contributed by atoms with van der Waals surface area (Å²) in [6.07, 6.45) is 0.292. The van der Waals surface area contributed by atoms with E-state index in [-0.39, 0.29) is 18.0 Å². The van der Waals surface area contributed by atoms with E-state index >= 15 is 0 Å². The van der Waals surface area contributed by atoms with Gasteiger partial charge in [0.05, 0.1) is 6.04 Å². The minimum Gasteiger partial charge on any atom is -0.356 e. The summed E-state index contributed by atoms with van der Waals surface area (Å²) in [5.74, 6) is 0.0184. The maximum atomic E-state index is 12.5. The Bertz CT molecular complexity index is 1080. The van der Waals surface area contributed by atoms with Crippen LogP contribution in [0.4, 0.5) is 27.5 Å². The molecule has 1 heterocycles. The van der Waals surface area contributed by atoms with Crippen molar-refractivity contribution in [2.45, 2.75) is 26.3 Å². The predicted octanol–water partition coefficient (Wildman–Crippen LogP) is 4.97. The molecule has 3 amide bonds. The van der Waals surface area contributed by atoms with Gasteiger partial charge in [-0.25, -0.2) is 4.79 Å². The molecule has 3 aromatic carbocycles. The quantitative estimate of drug-likeness (QED) is 0.552. The molecule has 0 bridgehead atoms. The lowest BCUT2D eigenvalue weighted by Crippen LogP contribution is -2.39. The van der Waals surface area contributed by atoms with E-state index in [1.807, 2.05) is 86.6 Å². The fourth-order valence-corrected chi connectivity index (χ4v) is 3.62. The molecule has 3 aromatic rings. The molecule has 31 heavy (non-hydrogen) atoms. The lowest BCUT2D eigenvalue weighted by Gasteiger charge is -2.18. The van der Waals surface area contributed by atoms with Crippen LogP contribution < -0.4 is 20.9 Å². The van der Waals surface area contributed by atoms with Crippen LogP contribution in [0.1, 0.15) is 17.5 Å². The summed E-state index contributed by atoms with van der Waals surface area (Å²) in [7, 11) is 0. The van der Waals surface area contributed by atoms with Crippen LogP contribution in [-0.4, -0.2) is 24.5 Å². The van der Waals surface area contributed by atoms with E-state index < -0.39 is 0 Å². The molecule has 0 aliphatic carbocycles. The number of carbonyl (C=O) groups is 2. The van der Waals surface area contributed by atoms with Gasteiger partial charge in [-0.15, -0.1) is 0 Å². The van der Waals surface area contributed by atoms with Crippen LogP contribution in [0.15, 0.2) is 72.8 Å². The average molecular weight is 415 g/mol. The van der Waals surface area contributed by atoms with Gasteiger partial charge in [-0.3, -0.25) is 4.79 Å². The Labute approximate surface area is 182 Å². The molecule has 1 fully saturated rings. The molecule has 1 atom stereocenters. The summed E-state index contributed by atoms with van der Waals surface area (Å²) >= 11 is 0. The second-order valence-corrected chi connectivity index (χ2v) is 7.84. The van der Waals surface area contributed by atoms with Crippen molar-refractivity contribution in [1.82, 2.24) is 5.32 Å². The van der Waals surface area contributed by atoms with E-state index in [0.29, 0.717) is 18.7 Å². The number of hydrogen-bond donors (Lipinski definition) is 3. The Morgan fingerprint density at radius 1 is 0.871 bits per heavy atom. The summed E-state index contributed by atoms with van der Waals surface area (Å²) in [6, 6.07) is 22.8. The summed E-state index contributed by atoms with van der Waals surface area (Å²) in [5.41, 5.74) is 5.83. The van der Waals surface area contributed by atoms with Crippen LogP contribution in [-0.2, 0) is 4.79 Å². The maximum absolute atomic E-state index is 12.5. The molecular weight excluding hydrogens is 388 g/mol. The fraction of sp³-hybridized carbons (Fsp3) is 0.200. The summed E-state index contributed by atoms with van der Waals surface area (Å²) in [4.78, 5) is 26.6. The van der Waals surface area contributed by atoms with E-state index in [1.165, 1.54) is 5.56 Å². The number of amides is 3. The van der Waals surface area contributed by atoms with E-state index in [1.54, 1.807) is 4.90 Å². The number of aryl methyl sites for hydroxylation is 2. The zero-order valence-electron chi connectivity index (χ0n) is 17.7. The summed E-state index contributed by atoms with van der Waals surface area (Å²) < 4.78 is 0. The van der Waals surface area contributed by atoms with E-state index in [0.717, 1.165) is 22.6 Å². The number of urea groups is 1. The predicted molar refractivity (Wildman–Crippen MR) is 125 cm³/mol. The number of para-hydroxylation sites is 1. The topological polar surface area (TPSA) is 73.5 Å². The van der Waals surface area contributed by atoms with Crippen LogP contribution in [0.3, 0.4) is 0 Å². The lowest BCUT2D eigenvalue weighted by atomic mass is 10.1. The maximum Gasteiger partial charge on any atom is 0.319 e. The highest BCUT2D eigenvalue weighted by Crippen LogP contribution is 2.24. The fourth-order valence-electron chi connectivity index (χ4n) is 3.62. The van der Waals surface area contributed by atoms with Crippen LogP contribution in [0.25, 0.3) is 0 Å². The van der Waals surface area contributed by atoms with Gasteiger partial charge in [0.2, 0.25) is 5.91 Å². The molecular formula is C25H26N4O2. The Balaban J connectivity index is 1.31. The van der Waals surface area contributed by atoms with Crippen molar-refractivity contribution in [3.63, 3.8) is 0 Å². The highest BCUT2D eigenvalue weighted by atomic mass is 16.2. The third kappa shape index (κ3) is 5.04. The normalized spacial score (nSPS) is 15.6. The van der Waals surface area contributed by atoms with Gasteiger partial charge in [0, 0.05) is 35.7 Å². The Morgan fingerprint density at radius 3 is 2.26 bits per heavy atom. The number of nitrogens with one attached hydrogen (secondary N) is 3. The van der Waals surface area contributed by atoms with Gasteiger partial charge in [-0.05, 0) is 73.5 Å². The van der Waals surface area contributed by atoms with Crippen molar-refractivity contribution in [3.8, 4) is 0 Å². The molecule has 0 aromatic heterocycles. The molecule has 3 N–H and O–H groups in total. The van der Waals surface area contributed by atoms with Crippen molar-refractivity contribution in [3.05, 3.63) is 83.9 Å². The van der Waals surface area contributed by atoms with Crippen molar-refractivity contribution in [2.24, 2.45) is 0 Å². The Kier molecular flexibility index (Phi) is 5.89. The number of rotatable bonds is 5. The first-order chi connectivity index (χ1) is 15.0. The second-order valence-electron chi connectivity index (χ2n) is 7.84. The molecule has 0 saturated carbocycles. The molecule has 6 heteroatoms. The highest BCUT2D eigenvalue weighted by Gasteiger charge is 2.31. The lowest BCUT2D eigenvalue weighted by molar-refractivity contribution is -0.117. The largest absolute Gasteiger partial charge is 0.356 e. The molecule has 158 valence electrons. The second kappa shape index (κ2) is 8.92. The van der Waals surface area contributed by atoms with Crippen LogP contribution in [0.2, 0.25) is 0 Å².